The van der Waals surface area contributed by atoms with Crippen LogP contribution < -0.4 is 10.6 Å². The first-order chi connectivity index (χ1) is 11.0. The van der Waals surface area contributed by atoms with Gasteiger partial charge in [0, 0.05) is 44.5 Å². The van der Waals surface area contributed by atoms with Crippen LogP contribution in [0.2, 0.25) is 0 Å². The molecule has 2 N–H and O–H groups in total. The zero-order chi connectivity index (χ0) is 16.7. The number of benzene rings is 1. The summed E-state index contributed by atoms with van der Waals surface area (Å²) in [5, 5.41) is 6.64. The first-order valence-corrected chi connectivity index (χ1v) is 7.82. The van der Waals surface area contributed by atoms with Crippen molar-refractivity contribution >= 4 is 29.9 Å². The van der Waals surface area contributed by atoms with E-state index in [2.05, 4.69) is 34.0 Å². The fraction of sp³-hybridized carbons (Fsp3) is 0.389. The number of hydrogen-bond acceptors (Lipinski definition) is 1. The summed E-state index contributed by atoms with van der Waals surface area (Å²) in [5.41, 5.74) is 0.973. The molecule has 0 radical (unpaired) electrons. The van der Waals surface area contributed by atoms with Crippen molar-refractivity contribution in [2.75, 3.05) is 20.1 Å². The quantitative estimate of drug-likeness (QED) is 0.408. The van der Waals surface area contributed by atoms with Crippen LogP contribution in [-0.4, -0.2) is 30.7 Å². The first kappa shape index (κ1) is 20.5. The van der Waals surface area contributed by atoms with E-state index in [-0.39, 0.29) is 35.2 Å². The van der Waals surface area contributed by atoms with Crippen LogP contribution in [0.25, 0.3) is 0 Å². The third-order valence-corrected chi connectivity index (χ3v) is 3.88. The summed E-state index contributed by atoms with van der Waals surface area (Å²) in [5.74, 6) is 0.562. The first-order valence-electron chi connectivity index (χ1n) is 7.82. The zero-order valence-electron chi connectivity index (χ0n) is 14.4. The molecule has 0 amide bonds. The van der Waals surface area contributed by atoms with Crippen LogP contribution in [0.15, 0.2) is 53.8 Å². The molecule has 0 unspecified atom stereocenters. The van der Waals surface area contributed by atoms with Gasteiger partial charge in [-0.05, 0) is 29.8 Å². The minimum atomic E-state index is -0.208. The molecule has 4 nitrogen and oxygen atoms in total. The highest BCUT2D eigenvalue weighted by Gasteiger charge is 2.20. The molecule has 0 spiro atoms. The molecule has 0 saturated carbocycles. The molecule has 0 aliphatic rings. The van der Waals surface area contributed by atoms with Gasteiger partial charge < -0.3 is 15.2 Å². The number of guanidine groups is 1. The van der Waals surface area contributed by atoms with Crippen LogP contribution in [-0.2, 0) is 12.0 Å². The topological polar surface area (TPSA) is 41.4 Å². The number of nitrogens with zero attached hydrogens (tertiary/aromatic N) is 2. The van der Waals surface area contributed by atoms with Crippen molar-refractivity contribution in [3.63, 3.8) is 0 Å². The van der Waals surface area contributed by atoms with Crippen LogP contribution in [0, 0.1) is 5.82 Å². The number of rotatable bonds is 6. The maximum absolute atomic E-state index is 13.1. The van der Waals surface area contributed by atoms with Gasteiger partial charge in [0.15, 0.2) is 5.96 Å². The van der Waals surface area contributed by atoms with Crippen molar-refractivity contribution in [2.24, 2.45) is 4.99 Å². The summed E-state index contributed by atoms with van der Waals surface area (Å²) in [6.45, 7) is 6.64. The molecule has 2 rings (SSSR count). The molecule has 24 heavy (non-hydrogen) atoms. The Morgan fingerprint density at radius 1 is 1.12 bits per heavy atom. The van der Waals surface area contributed by atoms with Gasteiger partial charge in [-0.15, -0.1) is 24.0 Å². The predicted octanol–water partition coefficient (Wildman–Crippen LogP) is 3.39. The molecule has 1 aromatic heterocycles. The van der Waals surface area contributed by atoms with Gasteiger partial charge in [-0.2, -0.15) is 0 Å². The summed E-state index contributed by atoms with van der Waals surface area (Å²) in [6, 6.07) is 10.7. The minimum Gasteiger partial charge on any atom is -0.356 e. The molecule has 132 valence electrons. The molecule has 0 bridgehead atoms. The second-order valence-electron chi connectivity index (χ2n) is 6.16. The average molecular weight is 444 g/mol. The number of hydrogen-bond donors (Lipinski definition) is 2. The van der Waals surface area contributed by atoms with E-state index in [0.717, 1.165) is 24.6 Å². The van der Waals surface area contributed by atoms with E-state index in [1.165, 1.54) is 12.1 Å². The minimum absolute atomic E-state index is 0. The SMILES string of the molecule is CN=C(NCCn1cccc1)NCC(C)(C)c1ccc(F)cc1.I. The normalized spacial score (nSPS) is 11.8. The van der Waals surface area contributed by atoms with Crippen molar-refractivity contribution in [2.45, 2.75) is 25.8 Å². The maximum Gasteiger partial charge on any atom is 0.191 e. The Labute approximate surface area is 160 Å². The molecule has 0 fully saturated rings. The molecule has 0 saturated heterocycles. The van der Waals surface area contributed by atoms with Gasteiger partial charge in [-0.25, -0.2) is 4.39 Å². The van der Waals surface area contributed by atoms with Gasteiger partial charge in [-0.3, -0.25) is 4.99 Å². The molecule has 1 aromatic carbocycles. The predicted molar refractivity (Wildman–Crippen MR) is 109 cm³/mol. The van der Waals surface area contributed by atoms with E-state index in [1.54, 1.807) is 7.05 Å². The molecule has 0 atom stereocenters. The van der Waals surface area contributed by atoms with Gasteiger partial charge in [0.1, 0.15) is 5.82 Å². The second-order valence-corrected chi connectivity index (χ2v) is 6.16. The largest absolute Gasteiger partial charge is 0.356 e. The summed E-state index contributed by atoms with van der Waals surface area (Å²) in [4.78, 5) is 4.24. The van der Waals surface area contributed by atoms with Crippen LogP contribution in [0.4, 0.5) is 4.39 Å². The van der Waals surface area contributed by atoms with Crippen molar-refractivity contribution < 1.29 is 4.39 Å². The Kier molecular flexibility index (Phi) is 8.24. The van der Waals surface area contributed by atoms with Crippen LogP contribution in [0.5, 0.6) is 0 Å². The maximum atomic E-state index is 13.1. The van der Waals surface area contributed by atoms with Crippen molar-refractivity contribution in [1.29, 1.82) is 0 Å². The molecular weight excluding hydrogens is 418 g/mol. The highest BCUT2D eigenvalue weighted by atomic mass is 127. The smallest absolute Gasteiger partial charge is 0.191 e. The second kappa shape index (κ2) is 9.66. The molecule has 2 aromatic rings. The van der Waals surface area contributed by atoms with E-state index in [0.29, 0.717) is 6.54 Å². The van der Waals surface area contributed by atoms with E-state index in [4.69, 9.17) is 0 Å². The fourth-order valence-corrected chi connectivity index (χ4v) is 2.35. The monoisotopic (exact) mass is 444 g/mol. The molecule has 6 heteroatoms. The van der Waals surface area contributed by atoms with Crippen molar-refractivity contribution in [3.8, 4) is 0 Å². The molecule has 0 aliphatic carbocycles. The summed E-state index contributed by atoms with van der Waals surface area (Å²) < 4.78 is 15.2. The standard InChI is InChI=1S/C18H25FN4.HI/c1-18(2,15-6-8-16(19)9-7-15)14-22-17(20-3)21-10-13-23-11-4-5-12-23;/h4-9,11-12H,10,13-14H2,1-3H3,(H2,20,21,22);1H. The third-order valence-electron chi connectivity index (χ3n) is 3.88. The molecular formula is C18H26FIN4. The number of nitrogens with one attached hydrogen (secondary N) is 2. The van der Waals surface area contributed by atoms with E-state index in [1.807, 2.05) is 36.7 Å². The lowest BCUT2D eigenvalue weighted by atomic mass is 9.84. The third kappa shape index (κ3) is 6.14. The summed E-state index contributed by atoms with van der Waals surface area (Å²) in [7, 11) is 1.76. The lowest BCUT2D eigenvalue weighted by Gasteiger charge is -2.26. The Morgan fingerprint density at radius 2 is 1.75 bits per heavy atom. The molecule has 0 aliphatic heterocycles. The van der Waals surface area contributed by atoms with Crippen LogP contribution in [0.3, 0.4) is 0 Å². The lowest BCUT2D eigenvalue weighted by molar-refractivity contribution is 0.506. The Hall–Kier alpha value is -1.57. The highest BCUT2D eigenvalue weighted by molar-refractivity contribution is 14.0. The lowest BCUT2D eigenvalue weighted by Crippen LogP contribution is -2.44. The van der Waals surface area contributed by atoms with Gasteiger partial charge >= 0.3 is 0 Å². The van der Waals surface area contributed by atoms with Crippen molar-refractivity contribution in [3.05, 3.63) is 60.2 Å². The fourth-order valence-electron chi connectivity index (χ4n) is 2.35. The Balaban J connectivity index is 0.00000288. The van der Waals surface area contributed by atoms with Crippen LogP contribution in [0.1, 0.15) is 19.4 Å². The van der Waals surface area contributed by atoms with E-state index in [9.17, 15) is 4.39 Å². The Morgan fingerprint density at radius 3 is 2.33 bits per heavy atom. The van der Waals surface area contributed by atoms with E-state index >= 15 is 0 Å². The number of aliphatic imine (C=N–C) groups is 1. The van der Waals surface area contributed by atoms with Gasteiger partial charge in [0.05, 0.1) is 0 Å². The van der Waals surface area contributed by atoms with Gasteiger partial charge in [-0.1, -0.05) is 26.0 Å². The summed E-state index contributed by atoms with van der Waals surface area (Å²) in [6.07, 6.45) is 4.07. The highest BCUT2D eigenvalue weighted by Crippen LogP contribution is 2.22. The summed E-state index contributed by atoms with van der Waals surface area (Å²) >= 11 is 0. The van der Waals surface area contributed by atoms with E-state index < -0.39 is 0 Å². The molecule has 1 heterocycles. The van der Waals surface area contributed by atoms with Crippen LogP contribution >= 0.6 is 24.0 Å². The zero-order valence-corrected chi connectivity index (χ0v) is 16.8. The number of aromatic nitrogens is 1. The van der Waals surface area contributed by atoms with Gasteiger partial charge in [0.25, 0.3) is 0 Å². The Bertz CT molecular complexity index is 621. The van der Waals surface area contributed by atoms with Gasteiger partial charge in [0.2, 0.25) is 0 Å². The number of halogens is 2. The van der Waals surface area contributed by atoms with Crippen molar-refractivity contribution in [1.82, 2.24) is 15.2 Å². The average Bonchev–Trinajstić information content (AvgIpc) is 3.04.